The van der Waals surface area contributed by atoms with Crippen molar-refractivity contribution in [1.82, 2.24) is 0 Å². The Hall–Kier alpha value is -3.27. The Bertz CT molecular complexity index is 940. The minimum absolute atomic E-state index is 0.166. The maximum Gasteiger partial charge on any atom is 0.265 e. The van der Waals surface area contributed by atoms with Gasteiger partial charge in [0.05, 0.1) is 6.61 Å². The summed E-state index contributed by atoms with van der Waals surface area (Å²) in [7, 11) is 0. The van der Waals surface area contributed by atoms with Gasteiger partial charge in [0.25, 0.3) is 5.91 Å². The summed E-state index contributed by atoms with van der Waals surface area (Å²) in [6.07, 6.45) is 1.94. The van der Waals surface area contributed by atoms with Crippen LogP contribution in [0.4, 0.5) is 5.69 Å². The molecule has 0 saturated heterocycles. The summed E-state index contributed by atoms with van der Waals surface area (Å²) < 4.78 is 11.7. The van der Waals surface area contributed by atoms with Crippen LogP contribution in [0.5, 0.6) is 11.5 Å². The lowest BCUT2D eigenvalue weighted by Gasteiger charge is -2.18. The number of amides is 1. The molecule has 0 saturated carbocycles. The molecule has 0 bridgehead atoms. The summed E-state index contributed by atoms with van der Waals surface area (Å²) in [5.74, 6) is 1.28. The third kappa shape index (κ3) is 6.66. The van der Waals surface area contributed by atoms with Crippen LogP contribution in [0.15, 0.2) is 78.9 Å². The van der Waals surface area contributed by atoms with Crippen LogP contribution in [0, 0.1) is 6.92 Å². The van der Waals surface area contributed by atoms with Gasteiger partial charge in [0.15, 0.2) is 6.10 Å². The summed E-state index contributed by atoms with van der Waals surface area (Å²) in [6, 6.07) is 25.6. The molecule has 0 aliphatic heterocycles. The number of anilines is 1. The second-order valence-corrected chi connectivity index (χ2v) is 7.29. The maximum absolute atomic E-state index is 12.7. The standard InChI is InChI=1S/C26H29NO3/c1-3-25(30-24-16-7-10-20(2)18-24)26(28)27-22-14-8-15-23(19-22)29-17-9-13-21-11-5-4-6-12-21/h4-8,10-12,14-16,18-19,25H,3,9,13,17H2,1-2H3,(H,27,28). The minimum atomic E-state index is -0.553. The number of hydrogen-bond acceptors (Lipinski definition) is 3. The predicted molar refractivity (Wildman–Crippen MR) is 121 cm³/mol. The first-order valence-electron chi connectivity index (χ1n) is 10.4. The Morgan fingerprint density at radius 1 is 0.933 bits per heavy atom. The lowest BCUT2D eigenvalue weighted by atomic mass is 10.1. The molecule has 156 valence electrons. The van der Waals surface area contributed by atoms with E-state index in [0.29, 0.717) is 24.5 Å². The second kappa shape index (κ2) is 11.1. The topological polar surface area (TPSA) is 47.6 Å². The van der Waals surface area contributed by atoms with Crippen LogP contribution in [-0.2, 0) is 11.2 Å². The highest BCUT2D eigenvalue weighted by Crippen LogP contribution is 2.20. The van der Waals surface area contributed by atoms with Crippen molar-refractivity contribution in [2.45, 2.75) is 39.2 Å². The maximum atomic E-state index is 12.7. The fraction of sp³-hybridized carbons (Fsp3) is 0.269. The Kier molecular flexibility index (Phi) is 7.90. The fourth-order valence-electron chi connectivity index (χ4n) is 3.17. The molecule has 0 radical (unpaired) electrons. The van der Waals surface area contributed by atoms with Crippen molar-refractivity contribution in [3.63, 3.8) is 0 Å². The van der Waals surface area contributed by atoms with Gasteiger partial charge in [0, 0.05) is 11.8 Å². The summed E-state index contributed by atoms with van der Waals surface area (Å²) in [4.78, 5) is 12.7. The largest absolute Gasteiger partial charge is 0.494 e. The Morgan fingerprint density at radius 3 is 2.47 bits per heavy atom. The number of carbonyl (C=O) groups excluding carboxylic acids is 1. The van der Waals surface area contributed by atoms with Crippen LogP contribution in [0.1, 0.15) is 30.9 Å². The van der Waals surface area contributed by atoms with Gasteiger partial charge in [-0.05, 0) is 61.6 Å². The van der Waals surface area contributed by atoms with Gasteiger partial charge in [-0.3, -0.25) is 4.79 Å². The molecule has 3 aromatic carbocycles. The molecular formula is C26H29NO3. The zero-order valence-electron chi connectivity index (χ0n) is 17.6. The van der Waals surface area contributed by atoms with E-state index in [2.05, 4.69) is 29.6 Å². The normalized spacial score (nSPS) is 11.5. The van der Waals surface area contributed by atoms with Crippen molar-refractivity contribution in [3.8, 4) is 11.5 Å². The highest BCUT2D eigenvalue weighted by molar-refractivity contribution is 5.94. The van der Waals surface area contributed by atoms with E-state index in [1.54, 1.807) is 0 Å². The smallest absolute Gasteiger partial charge is 0.265 e. The number of nitrogens with one attached hydrogen (secondary N) is 1. The molecule has 0 aromatic heterocycles. The molecule has 4 heteroatoms. The molecular weight excluding hydrogens is 374 g/mol. The van der Waals surface area contributed by atoms with Gasteiger partial charge in [0.1, 0.15) is 11.5 Å². The van der Waals surface area contributed by atoms with Gasteiger partial charge >= 0.3 is 0 Å². The van der Waals surface area contributed by atoms with Crippen LogP contribution in [0.25, 0.3) is 0 Å². The number of benzene rings is 3. The fourth-order valence-corrected chi connectivity index (χ4v) is 3.17. The van der Waals surface area contributed by atoms with E-state index in [9.17, 15) is 4.79 Å². The first-order chi connectivity index (χ1) is 14.6. The van der Waals surface area contributed by atoms with E-state index in [-0.39, 0.29) is 5.91 Å². The monoisotopic (exact) mass is 403 g/mol. The van der Waals surface area contributed by atoms with Gasteiger partial charge < -0.3 is 14.8 Å². The summed E-state index contributed by atoms with van der Waals surface area (Å²) in [6.45, 7) is 4.56. The Morgan fingerprint density at radius 2 is 1.70 bits per heavy atom. The molecule has 0 aliphatic carbocycles. The van der Waals surface area contributed by atoms with Crippen molar-refractivity contribution in [2.75, 3.05) is 11.9 Å². The van der Waals surface area contributed by atoms with Gasteiger partial charge in [-0.25, -0.2) is 0 Å². The number of ether oxygens (including phenoxy) is 2. The molecule has 1 unspecified atom stereocenters. The third-order valence-corrected chi connectivity index (χ3v) is 4.75. The molecule has 0 fully saturated rings. The Balaban J connectivity index is 1.51. The molecule has 0 aliphatic rings. The Labute approximate surface area is 178 Å². The molecule has 0 spiro atoms. The number of rotatable bonds is 10. The number of hydrogen-bond donors (Lipinski definition) is 1. The molecule has 1 amide bonds. The highest BCUT2D eigenvalue weighted by atomic mass is 16.5. The first-order valence-corrected chi connectivity index (χ1v) is 10.4. The van der Waals surface area contributed by atoms with E-state index in [1.807, 2.05) is 68.4 Å². The quantitative estimate of drug-likeness (QED) is 0.435. The van der Waals surface area contributed by atoms with Crippen molar-refractivity contribution in [3.05, 3.63) is 90.0 Å². The van der Waals surface area contributed by atoms with Crippen LogP contribution in [0.3, 0.4) is 0 Å². The van der Waals surface area contributed by atoms with Crippen LogP contribution in [0.2, 0.25) is 0 Å². The summed E-state index contributed by atoms with van der Waals surface area (Å²) in [5, 5.41) is 2.94. The van der Waals surface area contributed by atoms with E-state index in [1.165, 1.54) is 5.56 Å². The van der Waals surface area contributed by atoms with Crippen molar-refractivity contribution in [2.24, 2.45) is 0 Å². The van der Waals surface area contributed by atoms with Crippen LogP contribution < -0.4 is 14.8 Å². The van der Waals surface area contributed by atoms with Gasteiger partial charge in [-0.2, -0.15) is 0 Å². The molecule has 1 atom stereocenters. The van der Waals surface area contributed by atoms with Crippen molar-refractivity contribution >= 4 is 11.6 Å². The minimum Gasteiger partial charge on any atom is -0.494 e. The number of carbonyl (C=O) groups is 1. The zero-order chi connectivity index (χ0) is 21.2. The summed E-state index contributed by atoms with van der Waals surface area (Å²) in [5.41, 5.74) is 3.10. The van der Waals surface area contributed by atoms with Crippen LogP contribution in [-0.4, -0.2) is 18.6 Å². The lowest BCUT2D eigenvalue weighted by molar-refractivity contribution is -0.122. The SMILES string of the molecule is CCC(Oc1cccc(C)c1)C(=O)Nc1cccc(OCCCc2ccccc2)c1. The lowest BCUT2D eigenvalue weighted by Crippen LogP contribution is -2.32. The van der Waals surface area contributed by atoms with E-state index < -0.39 is 6.10 Å². The third-order valence-electron chi connectivity index (χ3n) is 4.75. The molecule has 3 aromatic rings. The van der Waals surface area contributed by atoms with Crippen molar-refractivity contribution < 1.29 is 14.3 Å². The predicted octanol–water partition coefficient (Wildman–Crippen LogP) is 5.80. The molecule has 1 N–H and O–H groups in total. The second-order valence-electron chi connectivity index (χ2n) is 7.29. The van der Waals surface area contributed by atoms with Crippen molar-refractivity contribution in [1.29, 1.82) is 0 Å². The van der Waals surface area contributed by atoms with Crippen LogP contribution >= 0.6 is 0 Å². The van der Waals surface area contributed by atoms with E-state index in [4.69, 9.17) is 9.47 Å². The van der Waals surface area contributed by atoms with E-state index in [0.717, 1.165) is 24.2 Å². The summed E-state index contributed by atoms with van der Waals surface area (Å²) >= 11 is 0. The average Bonchev–Trinajstić information content (AvgIpc) is 2.76. The highest BCUT2D eigenvalue weighted by Gasteiger charge is 2.18. The van der Waals surface area contributed by atoms with E-state index >= 15 is 0 Å². The molecule has 3 rings (SSSR count). The van der Waals surface area contributed by atoms with Gasteiger partial charge in [0.2, 0.25) is 0 Å². The molecule has 0 heterocycles. The number of aryl methyl sites for hydroxylation is 2. The van der Waals surface area contributed by atoms with Gasteiger partial charge in [-0.15, -0.1) is 0 Å². The first kappa shape index (κ1) is 21.4. The van der Waals surface area contributed by atoms with Gasteiger partial charge in [-0.1, -0.05) is 55.5 Å². The molecule has 30 heavy (non-hydrogen) atoms. The molecule has 4 nitrogen and oxygen atoms in total. The zero-order valence-corrected chi connectivity index (χ0v) is 17.6. The average molecular weight is 404 g/mol.